The zero-order valence-corrected chi connectivity index (χ0v) is 22.9. The van der Waals surface area contributed by atoms with Crippen molar-refractivity contribution in [1.82, 2.24) is 9.97 Å². The van der Waals surface area contributed by atoms with Crippen molar-refractivity contribution in [1.29, 1.82) is 5.26 Å². The summed E-state index contributed by atoms with van der Waals surface area (Å²) in [4.78, 5) is 9.52. The highest BCUT2D eigenvalue weighted by molar-refractivity contribution is 7.91. The molecule has 0 radical (unpaired) electrons. The van der Waals surface area contributed by atoms with Crippen molar-refractivity contribution in [3.8, 4) is 28.8 Å². The van der Waals surface area contributed by atoms with Gasteiger partial charge in [0.1, 0.15) is 5.69 Å². The third-order valence-electron chi connectivity index (χ3n) is 6.55. The summed E-state index contributed by atoms with van der Waals surface area (Å²) >= 11 is 0. The number of nitrogens with zero attached hydrogens (tertiary/aromatic N) is 4. The number of aryl methyl sites for hydroxylation is 2. The second kappa shape index (κ2) is 11.5. The second-order valence-corrected chi connectivity index (χ2v) is 11.0. The third-order valence-corrected chi connectivity index (χ3v) is 8.35. The van der Waals surface area contributed by atoms with Gasteiger partial charge in [-0.05, 0) is 68.7 Å². The van der Waals surface area contributed by atoms with Gasteiger partial charge < -0.3 is 15.1 Å². The molecule has 0 saturated carbocycles. The number of unbranched alkanes of at least 4 members (excludes halogenated alkanes) is 1. The summed E-state index contributed by atoms with van der Waals surface area (Å²) in [6.07, 6.45) is 3.66. The number of benzene rings is 2. The minimum atomic E-state index is -4.36. The quantitative estimate of drug-likeness (QED) is 0.261. The average molecular weight is 543 g/mol. The topological polar surface area (TPSA) is 127 Å². The molecule has 39 heavy (non-hydrogen) atoms. The van der Waals surface area contributed by atoms with Crippen LogP contribution in [0.3, 0.4) is 0 Å². The zero-order valence-electron chi connectivity index (χ0n) is 22.1. The SMILES string of the molecule is CCCCc1nc(O)c(S(=O)(=O)c2ccc(-c3cccnc3C)cc2)c(O)c1N(CC)c1cccc(C#N)c1. The number of rotatable bonds is 9. The fourth-order valence-corrected chi connectivity index (χ4v) is 5.93. The van der Waals surface area contributed by atoms with Gasteiger partial charge in [-0.1, -0.05) is 37.6 Å². The maximum absolute atomic E-state index is 13.8. The van der Waals surface area contributed by atoms with E-state index < -0.39 is 26.4 Å². The van der Waals surface area contributed by atoms with E-state index >= 15 is 0 Å². The molecule has 2 aromatic heterocycles. The van der Waals surface area contributed by atoms with Gasteiger partial charge in [-0.15, -0.1) is 0 Å². The molecule has 2 aromatic carbocycles. The summed E-state index contributed by atoms with van der Waals surface area (Å²) in [5, 5.41) is 31.7. The van der Waals surface area contributed by atoms with Crippen LogP contribution in [0, 0.1) is 18.3 Å². The molecule has 0 saturated heterocycles. The molecule has 4 rings (SSSR count). The molecule has 200 valence electrons. The number of pyridine rings is 2. The van der Waals surface area contributed by atoms with Crippen molar-refractivity contribution < 1.29 is 18.6 Å². The molecule has 0 spiro atoms. The van der Waals surface area contributed by atoms with E-state index in [2.05, 4.69) is 16.0 Å². The first-order chi connectivity index (χ1) is 18.7. The van der Waals surface area contributed by atoms with E-state index in [1.807, 2.05) is 32.9 Å². The lowest BCUT2D eigenvalue weighted by Crippen LogP contribution is -2.20. The van der Waals surface area contributed by atoms with Crippen LogP contribution in [-0.2, 0) is 16.3 Å². The Balaban J connectivity index is 1.87. The Kier molecular flexibility index (Phi) is 8.17. The Bertz CT molecular complexity index is 1650. The number of anilines is 2. The van der Waals surface area contributed by atoms with Gasteiger partial charge in [-0.2, -0.15) is 5.26 Å². The summed E-state index contributed by atoms with van der Waals surface area (Å²) in [7, 11) is -4.36. The molecule has 0 aliphatic carbocycles. The lowest BCUT2D eigenvalue weighted by atomic mass is 10.1. The average Bonchev–Trinajstić information content (AvgIpc) is 2.94. The van der Waals surface area contributed by atoms with E-state index in [9.17, 15) is 23.9 Å². The van der Waals surface area contributed by atoms with Crippen molar-refractivity contribution >= 4 is 21.2 Å². The molecule has 0 amide bonds. The first-order valence-corrected chi connectivity index (χ1v) is 14.2. The lowest BCUT2D eigenvalue weighted by molar-refractivity contribution is 0.405. The normalized spacial score (nSPS) is 11.2. The standard InChI is InChI=1S/C30H30N4O4S/c1-4-6-12-26-27(34(5-2)23-10-7-9-21(18-23)19-31)28(35)29(30(36)33-26)39(37,38)24-15-13-22(14-16-24)25-11-8-17-32-20(25)3/h7-11,13-18H,4-6,12H2,1-3H3,(H2,33,35,36). The van der Waals surface area contributed by atoms with Crippen LogP contribution < -0.4 is 4.90 Å². The van der Waals surface area contributed by atoms with Gasteiger partial charge in [-0.3, -0.25) is 4.98 Å². The van der Waals surface area contributed by atoms with Crippen LogP contribution in [0.4, 0.5) is 11.4 Å². The molecule has 0 unspecified atom stereocenters. The van der Waals surface area contributed by atoms with Crippen LogP contribution in [0.2, 0.25) is 0 Å². The van der Waals surface area contributed by atoms with E-state index in [-0.39, 0.29) is 10.6 Å². The Morgan fingerprint density at radius 3 is 2.41 bits per heavy atom. The van der Waals surface area contributed by atoms with Gasteiger partial charge in [-0.25, -0.2) is 13.4 Å². The molecule has 0 fully saturated rings. The van der Waals surface area contributed by atoms with Crippen LogP contribution in [0.1, 0.15) is 43.6 Å². The van der Waals surface area contributed by atoms with Gasteiger partial charge in [0.15, 0.2) is 10.6 Å². The largest absolute Gasteiger partial charge is 0.504 e. The van der Waals surface area contributed by atoms with Gasteiger partial charge in [0.2, 0.25) is 15.7 Å². The van der Waals surface area contributed by atoms with Crippen molar-refractivity contribution in [3.05, 3.63) is 83.8 Å². The summed E-state index contributed by atoms with van der Waals surface area (Å²) in [5.41, 5.74) is 4.05. The van der Waals surface area contributed by atoms with Gasteiger partial charge >= 0.3 is 0 Å². The summed E-state index contributed by atoms with van der Waals surface area (Å²) < 4.78 is 27.6. The zero-order chi connectivity index (χ0) is 28.2. The fourth-order valence-electron chi connectivity index (χ4n) is 4.57. The van der Waals surface area contributed by atoms with Crippen LogP contribution in [0.5, 0.6) is 11.6 Å². The molecule has 0 atom stereocenters. The smallest absolute Gasteiger partial charge is 0.234 e. The summed E-state index contributed by atoms with van der Waals surface area (Å²) in [6.45, 7) is 6.08. The number of hydrogen-bond acceptors (Lipinski definition) is 8. The molecule has 0 aliphatic heterocycles. The highest BCUT2D eigenvalue weighted by Gasteiger charge is 2.32. The first-order valence-electron chi connectivity index (χ1n) is 12.7. The number of sulfone groups is 1. The molecular formula is C30H30N4O4S. The monoisotopic (exact) mass is 542 g/mol. The number of aromatic hydroxyl groups is 2. The molecule has 2 N–H and O–H groups in total. The maximum atomic E-state index is 13.8. The van der Waals surface area contributed by atoms with Crippen LogP contribution in [-0.4, -0.2) is 35.1 Å². The number of aromatic nitrogens is 2. The van der Waals surface area contributed by atoms with Crippen LogP contribution in [0.25, 0.3) is 11.1 Å². The van der Waals surface area contributed by atoms with Crippen molar-refractivity contribution in [2.24, 2.45) is 0 Å². The molecule has 2 heterocycles. The third kappa shape index (κ3) is 5.42. The second-order valence-electron chi connectivity index (χ2n) is 9.08. The predicted octanol–water partition coefficient (Wildman–Crippen LogP) is 6.07. The maximum Gasteiger partial charge on any atom is 0.234 e. The van der Waals surface area contributed by atoms with Crippen molar-refractivity contribution in [2.45, 2.75) is 49.8 Å². The van der Waals surface area contributed by atoms with Crippen molar-refractivity contribution in [3.63, 3.8) is 0 Å². The summed E-state index contributed by atoms with van der Waals surface area (Å²) in [5.74, 6) is -1.33. The number of hydrogen-bond donors (Lipinski definition) is 2. The highest BCUT2D eigenvalue weighted by Crippen LogP contribution is 2.45. The van der Waals surface area contributed by atoms with Gasteiger partial charge in [0.05, 0.1) is 22.2 Å². The van der Waals surface area contributed by atoms with E-state index in [0.717, 1.165) is 29.7 Å². The Hall–Kier alpha value is -4.42. The minimum Gasteiger partial charge on any atom is -0.504 e. The fraction of sp³-hybridized carbons (Fsp3) is 0.233. The molecule has 0 bridgehead atoms. The van der Waals surface area contributed by atoms with E-state index in [1.54, 1.807) is 47.5 Å². The van der Waals surface area contributed by atoms with E-state index in [0.29, 0.717) is 29.9 Å². The minimum absolute atomic E-state index is 0.0954. The molecular weight excluding hydrogens is 512 g/mol. The van der Waals surface area contributed by atoms with Crippen LogP contribution >= 0.6 is 0 Å². The predicted molar refractivity (Wildman–Crippen MR) is 150 cm³/mol. The first kappa shape index (κ1) is 27.6. The van der Waals surface area contributed by atoms with E-state index in [4.69, 9.17) is 0 Å². The Labute approximate surface area is 228 Å². The molecule has 8 nitrogen and oxygen atoms in total. The molecule has 9 heteroatoms. The number of nitriles is 1. The Morgan fingerprint density at radius 1 is 1.03 bits per heavy atom. The van der Waals surface area contributed by atoms with Crippen LogP contribution in [0.15, 0.2) is 76.7 Å². The lowest BCUT2D eigenvalue weighted by Gasteiger charge is -2.27. The molecule has 0 aliphatic rings. The Morgan fingerprint density at radius 2 is 1.77 bits per heavy atom. The highest BCUT2D eigenvalue weighted by atomic mass is 32.2. The summed E-state index contributed by atoms with van der Waals surface area (Å²) in [6, 6.07) is 18.8. The van der Waals surface area contributed by atoms with E-state index in [1.165, 1.54) is 12.1 Å². The van der Waals surface area contributed by atoms with Gasteiger partial charge in [0, 0.05) is 29.7 Å². The molecule has 4 aromatic rings. The van der Waals surface area contributed by atoms with Gasteiger partial charge in [0.25, 0.3) is 0 Å². The van der Waals surface area contributed by atoms with Crippen molar-refractivity contribution in [2.75, 3.05) is 11.4 Å².